The SMILES string of the molecule is C=C/C=C\c1oc(C)c(/C=C\C=C)c1C=C. The Kier molecular flexibility index (Phi) is 4.34. The molecule has 1 rings (SSSR count). The van der Waals surface area contributed by atoms with Gasteiger partial charge >= 0.3 is 0 Å². The van der Waals surface area contributed by atoms with Crippen LogP contribution in [0.4, 0.5) is 0 Å². The third kappa shape index (κ3) is 2.51. The molecule has 0 bridgehead atoms. The first-order valence-electron chi connectivity index (χ1n) is 5.08. The third-order valence-electron chi connectivity index (χ3n) is 2.18. The Bertz CT molecular complexity index is 456. The van der Waals surface area contributed by atoms with Gasteiger partial charge in [-0.1, -0.05) is 56.2 Å². The lowest BCUT2D eigenvalue weighted by Crippen LogP contribution is -1.77. The van der Waals surface area contributed by atoms with E-state index in [1.54, 1.807) is 18.2 Å². The molecule has 0 saturated carbocycles. The van der Waals surface area contributed by atoms with Gasteiger partial charge in [-0.3, -0.25) is 0 Å². The van der Waals surface area contributed by atoms with Crippen LogP contribution in [0.1, 0.15) is 22.6 Å². The van der Waals surface area contributed by atoms with Gasteiger partial charge in [-0.2, -0.15) is 0 Å². The molecule has 0 aliphatic rings. The summed E-state index contributed by atoms with van der Waals surface area (Å²) in [7, 11) is 0. The molecule has 0 aliphatic heterocycles. The van der Waals surface area contributed by atoms with Crippen LogP contribution in [0.3, 0.4) is 0 Å². The molecule has 0 unspecified atom stereocenters. The summed E-state index contributed by atoms with van der Waals surface area (Å²) in [5, 5.41) is 0. The van der Waals surface area contributed by atoms with Crippen LogP contribution in [0, 0.1) is 6.92 Å². The first kappa shape index (κ1) is 12.1. The summed E-state index contributed by atoms with van der Waals surface area (Å²) in [5.74, 6) is 1.67. The molecule has 82 valence electrons. The molecule has 1 heteroatoms. The largest absolute Gasteiger partial charge is 0.461 e. The van der Waals surface area contributed by atoms with Crippen molar-refractivity contribution in [1.29, 1.82) is 0 Å². The van der Waals surface area contributed by atoms with E-state index in [0.29, 0.717) is 0 Å². The molecule has 0 radical (unpaired) electrons. The molecule has 1 aromatic rings. The molecular formula is C15H16O. The molecule has 1 nitrogen and oxygen atoms in total. The van der Waals surface area contributed by atoms with Crippen molar-refractivity contribution in [2.75, 3.05) is 0 Å². The van der Waals surface area contributed by atoms with Crippen molar-refractivity contribution in [3.63, 3.8) is 0 Å². The number of allylic oxidation sites excluding steroid dienone is 4. The Morgan fingerprint density at radius 2 is 1.56 bits per heavy atom. The maximum atomic E-state index is 5.64. The average Bonchev–Trinajstić information content (AvgIpc) is 2.59. The fraction of sp³-hybridized carbons (Fsp3) is 0.0667. The van der Waals surface area contributed by atoms with E-state index in [4.69, 9.17) is 4.42 Å². The minimum absolute atomic E-state index is 0.802. The molecule has 0 spiro atoms. The summed E-state index contributed by atoms with van der Waals surface area (Å²) >= 11 is 0. The van der Waals surface area contributed by atoms with Gasteiger partial charge in [-0.15, -0.1) is 0 Å². The first-order chi connectivity index (χ1) is 7.74. The molecule has 0 amide bonds. The summed E-state index contributed by atoms with van der Waals surface area (Å²) in [6.45, 7) is 13.0. The van der Waals surface area contributed by atoms with Crippen LogP contribution in [-0.4, -0.2) is 0 Å². The monoisotopic (exact) mass is 212 g/mol. The van der Waals surface area contributed by atoms with Crippen molar-refractivity contribution in [2.24, 2.45) is 0 Å². The molecular weight excluding hydrogens is 196 g/mol. The van der Waals surface area contributed by atoms with E-state index in [9.17, 15) is 0 Å². The van der Waals surface area contributed by atoms with Gasteiger partial charge in [-0.05, 0) is 13.0 Å². The van der Waals surface area contributed by atoms with E-state index in [-0.39, 0.29) is 0 Å². The summed E-state index contributed by atoms with van der Waals surface area (Å²) in [6.07, 6.45) is 12.8. The van der Waals surface area contributed by atoms with Gasteiger partial charge in [0.2, 0.25) is 0 Å². The van der Waals surface area contributed by atoms with Gasteiger partial charge < -0.3 is 4.42 Å². The number of rotatable bonds is 5. The van der Waals surface area contributed by atoms with E-state index in [0.717, 1.165) is 22.6 Å². The average molecular weight is 212 g/mol. The first-order valence-corrected chi connectivity index (χ1v) is 5.08. The summed E-state index contributed by atoms with van der Waals surface area (Å²) < 4.78 is 5.64. The van der Waals surface area contributed by atoms with Crippen LogP contribution in [-0.2, 0) is 0 Å². The van der Waals surface area contributed by atoms with Gasteiger partial charge in [-0.25, -0.2) is 0 Å². The molecule has 1 heterocycles. The molecule has 16 heavy (non-hydrogen) atoms. The lowest BCUT2D eigenvalue weighted by atomic mass is 10.1. The zero-order chi connectivity index (χ0) is 12.0. The number of furan rings is 1. The van der Waals surface area contributed by atoms with E-state index < -0.39 is 0 Å². The zero-order valence-electron chi connectivity index (χ0n) is 9.57. The van der Waals surface area contributed by atoms with Gasteiger partial charge in [0.25, 0.3) is 0 Å². The maximum absolute atomic E-state index is 5.64. The highest BCUT2D eigenvalue weighted by Gasteiger charge is 2.10. The molecule has 0 aromatic carbocycles. The maximum Gasteiger partial charge on any atom is 0.134 e. The molecule has 0 saturated heterocycles. The number of hydrogen-bond acceptors (Lipinski definition) is 1. The van der Waals surface area contributed by atoms with Crippen molar-refractivity contribution in [3.8, 4) is 0 Å². The highest BCUT2D eigenvalue weighted by atomic mass is 16.3. The van der Waals surface area contributed by atoms with Crippen LogP contribution in [0.5, 0.6) is 0 Å². The second kappa shape index (κ2) is 5.76. The zero-order valence-corrected chi connectivity index (χ0v) is 9.57. The second-order valence-electron chi connectivity index (χ2n) is 3.24. The molecule has 0 aliphatic carbocycles. The van der Waals surface area contributed by atoms with Crippen LogP contribution in [0.25, 0.3) is 18.2 Å². The normalized spacial score (nSPS) is 11.1. The van der Waals surface area contributed by atoms with Crippen LogP contribution < -0.4 is 0 Å². The Balaban J connectivity index is 3.27. The predicted molar refractivity (Wildman–Crippen MR) is 72.0 cm³/mol. The molecule has 0 atom stereocenters. The van der Waals surface area contributed by atoms with Crippen molar-refractivity contribution in [3.05, 3.63) is 66.7 Å². The molecule has 0 N–H and O–H groups in total. The Morgan fingerprint density at radius 3 is 2.12 bits per heavy atom. The van der Waals surface area contributed by atoms with E-state index in [2.05, 4.69) is 19.7 Å². The molecule has 1 aromatic heterocycles. The van der Waals surface area contributed by atoms with Gasteiger partial charge in [0.05, 0.1) is 0 Å². The Labute approximate surface area is 96.8 Å². The Hall–Kier alpha value is -2.02. The van der Waals surface area contributed by atoms with Gasteiger partial charge in [0.1, 0.15) is 11.5 Å². The summed E-state index contributed by atoms with van der Waals surface area (Å²) in [6, 6.07) is 0. The van der Waals surface area contributed by atoms with E-state index >= 15 is 0 Å². The number of hydrogen-bond donors (Lipinski definition) is 0. The van der Waals surface area contributed by atoms with Gasteiger partial charge in [0.15, 0.2) is 0 Å². The van der Waals surface area contributed by atoms with Crippen LogP contribution in [0.15, 0.2) is 48.5 Å². The summed E-state index contributed by atoms with van der Waals surface area (Å²) in [5.41, 5.74) is 2.03. The highest BCUT2D eigenvalue weighted by molar-refractivity contribution is 5.73. The predicted octanol–water partition coefficient (Wildman–Crippen LogP) is 4.63. The fourth-order valence-electron chi connectivity index (χ4n) is 1.46. The standard InChI is InChI=1S/C15H16O/c1-5-8-10-14-12(4)16-15(11-9-6-2)13(14)7-3/h5-11H,1-3H2,4H3/b10-8-,11-9-. The smallest absolute Gasteiger partial charge is 0.134 e. The minimum atomic E-state index is 0.802. The second-order valence-corrected chi connectivity index (χ2v) is 3.24. The lowest BCUT2D eigenvalue weighted by Gasteiger charge is -1.92. The van der Waals surface area contributed by atoms with Gasteiger partial charge in [0, 0.05) is 11.1 Å². The quantitative estimate of drug-likeness (QED) is 0.648. The van der Waals surface area contributed by atoms with Crippen molar-refractivity contribution < 1.29 is 4.42 Å². The Morgan fingerprint density at radius 1 is 0.938 bits per heavy atom. The number of aryl methyl sites for hydroxylation is 1. The lowest BCUT2D eigenvalue weighted by molar-refractivity contribution is 0.524. The summed E-state index contributed by atoms with van der Waals surface area (Å²) in [4.78, 5) is 0. The third-order valence-corrected chi connectivity index (χ3v) is 2.18. The van der Waals surface area contributed by atoms with Crippen molar-refractivity contribution >= 4 is 18.2 Å². The van der Waals surface area contributed by atoms with E-state index in [1.165, 1.54) is 0 Å². The molecule has 0 fully saturated rings. The topological polar surface area (TPSA) is 13.1 Å². The van der Waals surface area contributed by atoms with Crippen LogP contribution in [0.2, 0.25) is 0 Å². The highest BCUT2D eigenvalue weighted by Crippen LogP contribution is 2.26. The van der Waals surface area contributed by atoms with Crippen molar-refractivity contribution in [1.82, 2.24) is 0 Å². The van der Waals surface area contributed by atoms with Crippen molar-refractivity contribution in [2.45, 2.75) is 6.92 Å². The fourth-order valence-corrected chi connectivity index (χ4v) is 1.46. The van der Waals surface area contributed by atoms with Crippen LogP contribution >= 0.6 is 0 Å². The minimum Gasteiger partial charge on any atom is -0.461 e. The van der Waals surface area contributed by atoms with E-state index in [1.807, 2.05) is 31.2 Å².